The maximum Gasteiger partial charge on any atom is 0.161 e. The third-order valence-corrected chi connectivity index (χ3v) is 3.86. The standard InChI is InChI=1S/C14H24N4S/c1-6-9(4)18(5)14-12(13(15)19)10(7-2)11(8-3)16-17-14/h9H,6-8H2,1-5H3,(H2,15,19). The number of nitrogens with two attached hydrogens (primary N) is 1. The second-order valence-electron chi connectivity index (χ2n) is 4.76. The lowest BCUT2D eigenvalue weighted by molar-refractivity contribution is 0.649. The van der Waals surface area contributed by atoms with Crippen molar-refractivity contribution in [3.05, 3.63) is 16.8 Å². The molecule has 0 aliphatic rings. The Morgan fingerprint density at radius 1 is 1.26 bits per heavy atom. The molecule has 1 heterocycles. The lowest BCUT2D eigenvalue weighted by Gasteiger charge is -2.27. The van der Waals surface area contributed by atoms with Crippen molar-refractivity contribution in [3.8, 4) is 0 Å². The van der Waals surface area contributed by atoms with Crippen LogP contribution in [0.5, 0.6) is 0 Å². The van der Waals surface area contributed by atoms with Gasteiger partial charge in [-0.1, -0.05) is 33.0 Å². The van der Waals surface area contributed by atoms with Crippen LogP contribution in [-0.2, 0) is 12.8 Å². The quantitative estimate of drug-likeness (QED) is 0.811. The van der Waals surface area contributed by atoms with Gasteiger partial charge in [0.15, 0.2) is 5.82 Å². The first-order valence-electron chi connectivity index (χ1n) is 6.88. The van der Waals surface area contributed by atoms with Crippen LogP contribution in [0.2, 0.25) is 0 Å². The monoisotopic (exact) mass is 280 g/mol. The van der Waals surface area contributed by atoms with Gasteiger partial charge in [-0.25, -0.2) is 0 Å². The van der Waals surface area contributed by atoms with Crippen LogP contribution in [0.1, 0.15) is 50.9 Å². The third-order valence-electron chi connectivity index (χ3n) is 3.66. The topological polar surface area (TPSA) is 55.0 Å². The lowest BCUT2D eigenvalue weighted by atomic mass is 10.0. The van der Waals surface area contributed by atoms with Crippen LogP contribution in [0, 0.1) is 0 Å². The van der Waals surface area contributed by atoms with Crippen LogP contribution in [0.3, 0.4) is 0 Å². The molecule has 1 atom stereocenters. The molecule has 1 rings (SSSR count). The van der Waals surface area contributed by atoms with Crippen molar-refractivity contribution in [1.29, 1.82) is 0 Å². The molecule has 1 aromatic heterocycles. The highest BCUT2D eigenvalue weighted by Crippen LogP contribution is 2.25. The van der Waals surface area contributed by atoms with E-state index >= 15 is 0 Å². The van der Waals surface area contributed by atoms with Gasteiger partial charge in [0.1, 0.15) is 4.99 Å². The summed E-state index contributed by atoms with van der Waals surface area (Å²) in [5.74, 6) is 0.802. The predicted molar refractivity (Wildman–Crippen MR) is 84.8 cm³/mol. The van der Waals surface area contributed by atoms with E-state index in [2.05, 4.69) is 42.8 Å². The van der Waals surface area contributed by atoms with Crippen molar-refractivity contribution in [2.75, 3.05) is 11.9 Å². The number of aromatic nitrogens is 2. The zero-order valence-corrected chi connectivity index (χ0v) is 13.3. The average molecular weight is 280 g/mol. The summed E-state index contributed by atoms with van der Waals surface area (Å²) in [5, 5.41) is 8.70. The molecule has 0 saturated heterocycles. The van der Waals surface area contributed by atoms with Crippen molar-refractivity contribution in [2.24, 2.45) is 5.73 Å². The van der Waals surface area contributed by atoms with Crippen LogP contribution >= 0.6 is 12.2 Å². The van der Waals surface area contributed by atoms with Gasteiger partial charge in [-0.15, -0.1) is 5.10 Å². The van der Waals surface area contributed by atoms with Gasteiger partial charge >= 0.3 is 0 Å². The van der Waals surface area contributed by atoms with Crippen molar-refractivity contribution in [2.45, 2.75) is 53.0 Å². The molecule has 2 N–H and O–H groups in total. The number of anilines is 1. The first-order valence-corrected chi connectivity index (χ1v) is 7.29. The maximum absolute atomic E-state index is 5.93. The molecule has 1 aromatic rings. The predicted octanol–water partition coefficient (Wildman–Crippen LogP) is 2.47. The number of aryl methyl sites for hydroxylation is 1. The summed E-state index contributed by atoms with van der Waals surface area (Å²) in [6.45, 7) is 8.48. The minimum atomic E-state index is 0.375. The van der Waals surface area contributed by atoms with Crippen molar-refractivity contribution in [3.63, 3.8) is 0 Å². The molecule has 0 aliphatic carbocycles. The molecule has 19 heavy (non-hydrogen) atoms. The smallest absolute Gasteiger partial charge is 0.161 e. The van der Waals surface area contributed by atoms with E-state index in [1.165, 1.54) is 0 Å². The van der Waals surface area contributed by atoms with Crippen LogP contribution in [-0.4, -0.2) is 28.3 Å². The molecule has 0 radical (unpaired) electrons. The van der Waals surface area contributed by atoms with Gasteiger partial charge in [-0.05, 0) is 31.7 Å². The SMILES string of the molecule is CCc1nnc(N(C)C(C)CC)c(C(N)=S)c1CC. The molecule has 106 valence electrons. The molecule has 0 saturated carbocycles. The summed E-state index contributed by atoms with van der Waals surface area (Å²) in [7, 11) is 2.02. The maximum atomic E-state index is 5.93. The van der Waals surface area contributed by atoms with Gasteiger partial charge in [0, 0.05) is 13.1 Å². The second-order valence-corrected chi connectivity index (χ2v) is 5.20. The molecule has 0 spiro atoms. The van der Waals surface area contributed by atoms with E-state index in [1.807, 2.05) is 7.05 Å². The van der Waals surface area contributed by atoms with Crippen LogP contribution < -0.4 is 10.6 Å². The number of nitrogens with zero attached hydrogens (tertiary/aromatic N) is 3. The number of hydrogen-bond acceptors (Lipinski definition) is 4. The molecular formula is C14H24N4S. The van der Waals surface area contributed by atoms with Crippen molar-refractivity contribution >= 4 is 23.0 Å². The molecule has 0 fully saturated rings. The number of thiocarbonyl (C=S) groups is 1. The Hall–Kier alpha value is -1.23. The minimum Gasteiger partial charge on any atom is -0.389 e. The molecule has 0 bridgehead atoms. The van der Waals surface area contributed by atoms with Gasteiger partial charge in [0.2, 0.25) is 0 Å². The first kappa shape index (κ1) is 15.8. The fourth-order valence-corrected chi connectivity index (χ4v) is 2.37. The van der Waals surface area contributed by atoms with Crippen LogP contribution in [0.25, 0.3) is 0 Å². The molecular weight excluding hydrogens is 256 g/mol. The molecule has 0 aliphatic heterocycles. The van der Waals surface area contributed by atoms with E-state index in [4.69, 9.17) is 18.0 Å². The summed E-state index contributed by atoms with van der Waals surface area (Å²) >= 11 is 5.24. The van der Waals surface area contributed by atoms with E-state index < -0.39 is 0 Å². The molecule has 5 heteroatoms. The number of rotatable bonds is 6. The summed E-state index contributed by atoms with van der Waals surface area (Å²) < 4.78 is 0. The molecule has 0 aromatic carbocycles. The Labute approximate surface area is 121 Å². The fourth-order valence-electron chi connectivity index (χ4n) is 2.15. The Morgan fingerprint density at radius 2 is 1.89 bits per heavy atom. The summed E-state index contributed by atoms with van der Waals surface area (Å²) in [6, 6.07) is 0.375. The van der Waals surface area contributed by atoms with E-state index in [0.29, 0.717) is 11.0 Å². The molecule has 1 unspecified atom stereocenters. The van der Waals surface area contributed by atoms with Gasteiger partial charge < -0.3 is 10.6 Å². The molecule has 0 amide bonds. The lowest BCUT2D eigenvalue weighted by Crippen LogP contribution is -2.32. The van der Waals surface area contributed by atoms with E-state index in [9.17, 15) is 0 Å². The fraction of sp³-hybridized carbons (Fsp3) is 0.643. The second kappa shape index (κ2) is 6.80. The van der Waals surface area contributed by atoms with E-state index in [0.717, 1.165) is 41.9 Å². The van der Waals surface area contributed by atoms with Crippen molar-refractivity contribution < 1.29 is 0 Å². The van der Waals surface area contributed by atoms with Gasteiger partial charge in [-0.3, -0.25) is 0 Å². The van der Waals surface area contributed by atoms with Crippen LogP contribution in [0.4, 0.5) is 5.82 Å². The zero-order valence-electron chi connectivity index (χ0n) is 12.5. The first-order chi connectivity index (χ1) is 8.97. The Bertz CT molecular complexity index is 459. The average Bonchev–Trinajstić information content (AvgIpc) is 2.43. The summed E-state index contributed by atoms with van der Waals surface area (Å²) in [4.78, 5) is 2.52. The molecule has 4 nitrogen and oxygen atoms in total. The van der Waals surface area contributed by atoms with Crippen molar-refractivity contribution in [1.82, 2.24) is 10.2 Å². The largest absolute Gasteiger partial charge is 0.389 e. The highest BCUT2D eigenvalue weighted by molar-refractivity contribution is 7.80. The highest BCUT2D eigenvalue weighted by atomic mass is 32.1. The van der Waals surface area contributed by atoms with Gasteiger partial charge in [-0.2, -0.15) is 5.10 Å². The Kier molecular flexibility index (Phi) is 5.66. The highest BCUT2D eigenvalue weighted by Gasteiger charge is 2.21. The van der Waals surface area contributed by atoms with E-state index in [-0.39, 0.29) is 0 Å². The minimum absolute atomic E-state index is 0.375. The van der Waals surface area contributed by atoms with Crippen LogP contribution in [0.15, 0.2) is 0 Å². The van der Waals surface area contributed by atoms with E-state index in [1.54, 1.807) is 0 Å². The summed E-state index contributed by atoms with van der Waals surface area (Å²) in [6.07, 6.45) is 2.75. The van der Waals surface area contributed by atoms with Gasteiger partial charge in [0.05, 0.1) is 11.3 Å². The van der Waals surface area contributed by atoms with Gasteiger partial charge in [0.25, 0.3) is 0 Å². The number of hydrogen-bond donors (Lipinski definition) is 1. The summed E-state index contributed by atoms with van der Waals surface area (Å²) in [5.41, 5.74) is 8.95. The Balaban J connectivity index is 3.44. The zero-order chi connectivity index (χ0) is 14.6. The normalized spacial score (nSPS) is 12.3. The third kappa shape index (κ3) is 3.21. The Morgan fingerprint density at radius 3 is 2.32 bits per heavy atom.